The van der Waals surface area contributed by atoms with Crippen molar-refractivity contribution in [2.24, 2.45) is 0 Å². The van der Waals surface area contributed by atoms with Crippen molar-refractivity contribution in [2.75, 3.05) is 44.9 Å². The molecule has 31 heavy (non-hydrogen) atoms. The van der Waals surface area contributed by atoms with Crippen molar-refractivity contribution in [3.05, 3.63) is 47.5 Å². The summed E-state index contributed by atoms with van der Waals surface area (Å²) < 4.78 is 6.35. The van der Waals surface area contributed by atoms with E-state index in [0.717, 1.165) is 51.3 Å². The first-order valence-corrected chi connectivity index (χ1v) is 12.4. The Bertz CT molecular complexity index is 992. The zero-order valence-electron chi connectivity index (χ0n) is 18.1. The maximum absolute atomic E-state index is 13.1. The van der Waals surface area contributed by atoms with E-state index in [-0.39, 0.29) is 5.91 Å². The topological polar surface area (TPSA) is 45.7 Å². The number of ether oxygens (including phenoxy) is 1. The van der Waals surface area contributed by atoms with Crippen LogP contribution in [-0.2, 0) is 4.79 Å². The van der Waals surface area contributed by atoms with Gasteiger partial charge in [-0.05, 0) is 81.7 Å². The monoisotopic (exact) mass is 477 g/mol. The molecule has 166 valence electrons. The number of rotatable bonds is 11. The second-order valence-corrected chi connectivity index (χ2v) is 10.1. The Hall–Kier alpha value is -1.80. The summed E-state index contributed by atoms with van der Waals surface area (Å²) in [6, 6.07) is 13.6. The van der Waals surface area contributed by atoms with E-state index in [1.165, 1.54) is 4.90 Å². The second-order valence-electron chi connectivity index (χ2n) is 7.44. The van der Waals surface area contributed by atoms with Gasteiger partial charge >= 0.3 is 0 Å². The zero-order chi connectivity index (χ0) is 22.2. The van der Waals surface area contributed by atoms with Crippen LogP contribution in [0.2, 0.25) is 5.02 Å². The Morgan fingerprint density at radius 1 is 1.13 bits per heavy atom. The minimum Gasteiger partial charge on any atom is -0.497 e. The molecule has 1 aromatic heterocycles. The number of hydrogen-bond acceptors (Lipinski definition) is 6. The molecule has 0 saturated heterocycles. The number of thiazole rings is 1. The molecule has 0 fully saturated rings. The average Bonchev–Trinajstić information content (AvgIpc) is 3.17. The molecule has 0 radical (unpaired) electrons. The predicted molar refractivity (Wildman–Crippen MR) is 133 cm³/mol. The Morgan fingerprint density at radius 3 is 2.61 bits per heavy atom. The van der Waals surface area contributed by atoms with Crippen LogP contribution in [-0.4, -0.2) is 55.8 Å². The predicted octanol–water partition coefficient (Wildman–Crippen LogP) is 5.82. The fraction of sp³-hybridized carbons (Fsp3) is 0.391. The lowest BCUT2D eigenvalue weighted by molar-refractivity contribution is -0.118. The summed E-state index contributed by atoms with van der Waals surface area (Å²) in [7, 11) is 5.75. The highest BCUT2D eigenvalue weighted by Gasteiger charge is 2.19. The van der Waals surface area contributed by atoms with E-state index in [2.05, 4.69) is 4.90 Å². The van der Waals surface area contributed by atoms with Gasteiger partial charge in [0.2, 0.25) is 5.91 Å². The SMILES string of the molecule is COc1ccc2nc(N(CCCN(C)C)C(=O)CCCSc3ccc(Cl)cc3)sc2c1. The molecule has 0 spiro atoms. The number of hydrogen-bond donors (Lipinski definition) is 0. The number of benzene rings is 2. The summed E-state index contributed by atoms with van der Waals surface area (Å²) in [4.78, 5) is 23.0. The third-order valence-electron chi connectivity index (χ3n) is 4.72. The third kappa shape index (κ3) is 7.10. The van der Waals surface area contributed by atoms with Gasteiger partial charge in [-0.25, -0.2) is 4.98 Å². The van der Waals surface area contributed by atoms with Crippen LogP contribution in [0.5, 0.6) is 5.75 Å². The fourth-order valence-corrected chi connectivity index (χ4v) is 5.10. The number of aromatic nitrogens is 1. The summed E-state index contributed by atoms with van der Waals surface area (Å²) in [6.07, 6.45) is 2.22. The molecular weight excluding hydrogens is 450 g/mol. The van der Waals surface area contributed by atoms with Gasteiger partial charge in [0.25, 0.3) is 0 Å². The lowest BCUT2D eigenvalue weighted by Crippen LogP contribution is -2.33. The molecule has 0 aliphatic rings. The molecule has 0 N–H and O–H groups in total. The number of methoxy groups -OCH3 is 1. The van der Waals surface area contributed by atoms with Gasteiger partial charge in [-0.1, -0.05) is 22.9 Å². The molecular formula is C23H28ClN3O2S2. The minimum absolute atomic E-state index is 0.126. The smallest absolute Gasteiger partial charge is 0.228 e. The van der Waals surface area contributed by atoms with Crippen LogP contribution >= 0.6 is 34.7 Å². The van der Waals surface area contributed by atoms with Crippen molar-refractivity contribution < 1.29 is 9.53 Å². The second kappa shape index (κ2) is 11.7. The van der Waals surface area contributed by atoms with Crippen molar-refractivity contribution in [1.29, 1.82) is 0 Å². The van der Waals surface area contributed by atoms with Crippen molar-refractivity contribution >= 4 is 56.0 Å². The van der Waals surface area contributed by atoms with E-state index in [1.807, 2.05) is 61.5 Å². The molecule has 0 unspecified atom stereocenters. The van der Waals surface area contributed by atoms with E-state index < -0.39 is 0 Å². The number of amides is 1. The lowest BCUT2D eigenvalue weighted by atomic mass is 10.3. The first kappa shape index (κ1) is 23.9. The molecule has 3 rings (SSSR count). The van der Waals surface area contributed by atoms with Gasteiger partial charge in [0, 0.05) is 22.9 Å². The maximum Gasteiger partial charge on any atom is 0.228 e. The third-order valence-corrected chi connectivity index (χ3v) is 7.11. The number of thioether (sulfide) groups is 1. The Balaban J connectivity index is 1.64. The van der Waals surface area contributed by atoms with Gasteiger partial charge in [-0.15, -0.1) is 11.8 Å². The highest BCUT2D eigenvalue weighted by molar-refractivity contribution is 7.99. The van der Waals surface area contributed by atoms with Gasteiger partial charge < -0.3 is 9.64 Å². The first-order chi connectivity index (χ1) is 15.0. The molecule has 5 nitrogen and oxygen atoms in total. The molecule has 0 bridgehead atoms. The van der Waals surface area contributed by atoms with Crippen LogP contribution < -0.4 is 9.64 Å². The highest BCUT2D eigenvalue weighted by Crippen LogP contribution is 2.32. The quantitative estimate of drug-likeness (QED) is 0.257. The molecule has 3 aromatic rings. The first-order valence-electron chi connectivity index (χ1n) is 10.2. The van der Waals surface area contributed by atoms with Crippen molar-refractivity contribution in [3.63, 3.8) is 0 Å². The van der Waals surface area contributed by atoms with Gasteiger partial charge in [0.05, 0.1) is 17.3 Å². The number of fused-ring (bicyclic) bond motifs is 1. The largest absolute Gasteiger partial charge is 0.497 e. The van der Waals surface area contributed by atoms with Gasteiger partial charge in [0.15, 0.2) is 5.13 Å². The molecule has 1 heterocycles. The zero-order valence-corrected chi connectivity index (χ0v) is 20.5. The van der Waals surface area contributed by atoms with Crippen LogP contribution in [0.25, 0.3) is 10.2 Å². The van der Waals surface area contributed by atoms with E-state index in [9.17, 15) is 4.79 Å². The van der Waals surface area contributed by atoms with E-state index >= 15 is 0 Å². The van der Waals surface area contributed by atoms with Crippen molar-refractivity contribution in [1.82, 2.24) is 9.88 Å². The highest BCUT2D eigenvalue weighted by atomic mass is 35.5. The van der Waals surface area contributed by atoms with Crippen LogP contribution in [0.15, 0.2) is 47.4 Å². The Morgan fingerprint density at radius 2 is 1.90 bits per heavy atom. The molecule has 2 aromatic carbocycles. The molecule has 1 amide bonds. The number of carbonyl (C=O) groups is 1. The van der Waals surface area contributed by atoms with Crippen LogP contribution in [0, 0.1) is 0 Å². The standard InChI is InChI=1S/C23H28ClN3O2S2/c1-26(2)13-5-14-27(23-25-20-12-9-18(29-3)16-21(20)31-23)22(28)6-4-15-30-19-10-7-17(24)8-11-19/h7-12,16H,4-6,13-15H2,1-3H3. The number of carbonyl (C=O) groups excluding carboxylic acids is 1. The number of halogens is 1. The van der Waals surface area contributed by atoms with Gasteiger partial charge in [0.1, 0.15) is 5.75 Å². The van der Waals surface area contributed by atoms with Crippen LogP contribution in [0.1, 0.15) is 19.3 Å². The fourth-order valence-electron chi connectivity index (χ4n) is 3.09. The summed E-state index contributed by atoms with van der Waals surface area (Å²) in [6.45, 7) is 1.59. The molecule has 0 saturated carbocycles. The Kier molecular flexibility index (Phi) is 9.02. The summed E-state index contributed by atoms with van der Waals surface area (Å²) >= 11 is 9.23. The van der Waals surface area contributed by atoms with Crippen LogP contribution in [0.3, 0.4) is 0 Å². The Labute approximate surface area is 197 Å². The van der Waals surface area contributed by atoms with Gasteiger partial charge in [-0.2, -0.15) is 0 Å². The average molecular weight is 478 g/mol. The normalized spacial score (nSPS) is 11.3. The van der Waals surface area contributed by atoms with E-state index in [0.29, 0.717) is 13.0 Å². The summed E-state index contributed by atoms with van der Waals surface area (Å²) in [5.41, 5.74) is 0.893. The molecule has 0 aliphatic carbocycles. The van der Waals surface area contributed by atoms with E-state index in [1.54, 1.807) is 30.2 Å². The van der Waals surface area contributed by atoms with E-state index in [4.69, 9.17) is 21.3 Å². The number of anilines is 1. The van der Waals surface area contributed by atoms with Crippen LogP contribution in [0.4, 0.5) is 5.13 Å². The number of nitrogens with zero attached hydrogens (tertiary/aromatic N) is 3. The lowest BCUT2D eigenvalue weighted by Gasteiger charge is -2.21. The summed E-state index contributed by atoms with van der Waals surface area (Å²) in [5.74, 6) is 1.81. The van der Waals surface area contributed by atoms with Gasteiger partial charge in [-0.3, -0.25) is 9.69 Å². The minimum atomic E-state index is 0.126. The molecule has 8 heteroatoms. The van der Waals surface area contributed by atoms with Crippen molar-refractivity contribution in [2.45, 2.75) is 24.2 Å². The molecule has 0 atom stereocenters. The molecule has 0 aliphatic heterocycles. The summed E-state index contributed by atoms with van der Waals surface area (Å²) in [5, 5.41) is 1.50. The van der Waals surface area contributed by atoms with Crippen molar-refractivity contribution in [3.8, 4) is 5.75 Å². The maximum atomic E-state index is 13.1.